The van der Waals surface area contributed by atoms with Crippen molar-refractivity contribution in [3.8, 4) is 0 Å². The van der Waals surface area contributed by atoms with Gasteiger partial charge in [-0.15, -0.1) is 0 Å². The van der Waals surface area contributed by atoms with Gasteiger partial charge in [-0.2, -0.15) is 0 Å². The van der Waals surface area contributed by atoms with Crippen LogP contribution in [-0.2, 0) is 23.2 Å². The van der Waals surface area contributed by atoms with E-state index in [9.17, 15) is 14.4 Å². The molecule has 2 aromatic rings. The molecule has 1 aromatic carbocycles. The zero-order valence-electron chi connectivity index (χ0n) is 12.7. The molecule has 22 heavy (non-hydrogen) atoms. The lowest BCUT2D eigenvalue weighted by molar-refractivity contribution is -0.143. The summed E-state index contributed by atoms with van der Waals surface area (Å²) in [7, 11) is 1.63. The Labute approximate surface area is 127 Å². The second-order valence-electron chi connectivity index (χ2n) is 5.54. The predicted octanol–water partition coefficient (Wildman–Crippen LogP) is 0.565. The van der Waals surface area contributed by atoms with Crippen LogP contribution in [0.2, 0.25) is 0 Å². The summed E-state index contributed by atoms with van der Waals surface area (Å²) in [4.78, 5) is 35.4. The number of amides is 1. The van der Waals surface area contributed by atoms with E-state index in [2.05, 4.69) is 5.32 Å². The van der Waals surface area contributed by atoms with Gasteiger partial charge in [0.15, 0.2) is 0 Å². The molecule has 0 bridgehead atoms. The Kier molecular flexibility index (Phi) is 4.35. The summed E-state index contributed by atoms with van der Waals surface area (Å²) in [6.45, 7) is 3.21. The molecule has 0 fully saturated rings. The second kappa shape index (κ2) is 6.05. The van der Waals surface area contributed by atoms with Crippen LogP contribution in [0.25, 0.3) is 11.0 Å². The van der Waals surface area contributed by atoms with E-state index in [1.54, 1.807) is 39.1 Å². The van der Waals surface area contributed by atoms with Crippen molar-refractivity contribution < 1.29 is 14.7 Å². The zero-order valence-corrected chi connectivity index (χ0v) is 12.7. The Balaban J connectivity index is 2.28. The van der Waals surface area contributed by atoms with Crippen molar-refractivity contribution in [2.24, 2.45) is 13.0 Å². The van der Waals surface area contributed by atoms with Crippen molar-refractivity contribution in [2.75, 3.05) is 0 Å². The van der Waals surface area contributed by atoms with E-state index >= 15 is 0 Å². The quantitative estimate of drug-likeness (QED) is 0.844. The minimum absolute atomic E-state index is 0.212. The van der Waals surface area contributed by atoms with Crippen LogP contribution in [0.1, 0.15) is 13.8 Å². The maximum atomic E-state index is 12.2. The summed E-state index contributed by atoms with van der Waals surface area (Å²) in [5.74, 6) is -1.83. The number of imidazole rings is 1. The maximum Gasteiger partial charge on any atom is 0.329 e. The van der Waals surface area contributed by atoms with Crippen molar-refractivity contribution in [3.05, 3.63) is 34.7 Å². The fraction of sp³-hybridized carbons (Fsp3) is 0.400. The number of aryl methyl sites for hydroxylation is 1. The monoisotopic (exact) mass is 305 g/mol. The lowest BCUT2D eigenvalue weighted by atomic mass is 10.1. The predicted molar refractivity (Wildman–Crippen MR) is 81.6 cm³/mol. The summed E-state index contributed by atoms with van der Waals surface area (Å²) in [5, 5.41) is 11.6. The van der Waals surface area contributed by atoms with Crippen LogP contribution in [-0.4, -0.2) is 32.2 Å². The largest absolute Gasteiger partial charge is 0.480 e. The standard InChI is InChI=1S/C15H19N3O4/c1-9(2)13(14(20)21)16-12(19)8-18-11-7-5-4-6-10(11)17(3)15(18)22/h4-7,9,13H,8H2,1-3H3,(H,16,19)(H,20,21)/t13-/m0/s1. The number of fused-ring (bicyclic) bond motifs is 1. The molecule has 0 aliphatic heterocycles. The van der Waals surface area contributed by atoms with Crippen molar-refractivity contribution in [1.29, 1.82) is 0 Å². The normalized spacial score (nSPS) is 12.5. The Hall–Kier alpha value is -2.57. The highest BCUT2D eigenvalue weighted by atomic mass is 16.4. The third kappa shape index (κ3) is 2.88. The molecule has 0 radical (unpaired) electrons. The highest BCUT2D eigenvalue weighted by Crippen LogP contribution is 2.11. The number of hydrogen-bond acceptors (Lipinski definition) is 3. The van der Waals surface area contributed by atoms with E-state index in [1.165, 1.54) is 9.13 Å². The number of para-hydroxylation sites is 2. The second-order valence-corrected chi connectivity index (χ2v) is 5.54. The van der Waals surface area contributed by atoms with Crippen LogP contribution in [0.15, 0.2) is 29.1 Å². The summed E-state index contributed by atoms with van der Waals surface area (Å²) < 4.78 is 2.80. The van der Waals surface area contributed by atoms with Crippen molar-refractivity contribution >= 4 is 22.9 Å². The minimum Gasteiger partial charge on any atom is -0.480 e. The Morgan fingerprint density at radius 1 is 1.23 bits per heavy atom. The smallest absolute Gasteiger partial charge is 0.329 e. The third-order valence-corrected chi connectivity index (χ3v) is 3.60. The highest BCUT2D eigenvalue weighted by Gasteiger charge is 2.24. The van der Waals surface area contributed by atoms with E-state index < -0.39 is 17.9 Å². The first-order valence-electron chi connectivity index (χ1n) is 6.99. The van der Waals surface area contributed by atoms with Gasteiger partial charge in [0.2, 0.25) is 5.91 Å². The van der Waals surface area contributed by atoms with Gasteiger partial charge in [-0.3, -0.25) is 13.9 Å². The fourth-order valence-electron chi connectivity index (χ4n) is 2.39. The van der Waals surface area contributed by atoms with Crippen molar-refractivity contribution in [3.63, 3.8) is 0 Å². The number of nitrogens with zero attached hydrogens (tertiary/aromatic N) is 2. The van der Waals surface area contributed by atoms with E-state index in [-0.39, 0.29) is 18.2 Å². The van der Waals surface area contributed by atoms with Crippen LogP contribution in [0, 0.1) is 5.92 Å². The molecule has 7 heteroatoms. The Morgan fingerprint density at radius 2 is 1.82 bits per heavy atom. The van der Waals surface area contributed by atoms with E-state index in [1.807, 2.05) is 6.07 Å². The van der Waals surface area contributed by atoms with Crippen LogP contribution < -0.4 is 11.0 Å². The maximum absolute atomic E-state index is 12.2. The number of carbonyl (C=O) groups excluding carboxylic acids is 1. The van der Waals surface area contributed by atoms with Gasteiger partial charge in [0.25, 0.3) is 0 Å². The molecule has 0 aliphatic rings. The molecule has 1 atom stereocenters. The van der Waals surface area contributed by atoms with Gasteiger partial charge < -0.3 is 10.4 Å². The number of carboxylic acid groups (broad SMARTS) is 1. The van der Waals surface area contributed by atoms with Gasteiger partial charge in [0.05, 0.1) is 11.0 Å². The van der Waals surface area contributed by atoms with E-state index in [4.69, 9.17) is 5.11 Å². The molecule has 0 aliphatic carbocycles. The van der Waals surface area contributed by atoms with Gasteiger partial charge in [0.1, 0.15) is 12.6 Å². The highest BCUT2D eigenvalue weighted by molar-refractivity contribution is 5.85. The number of carbonyl (C=O) groups is 2. The molecule has 1 aromatic heterocycles. The summed E-state index contributed by atoms with van der Waals surface area (Å²) in [6.07, 6.45) is 0. The lowest BCUT2D eigenvalue weighted by Crippen LogP contribution is -2.46. The molecule has 1 heterocycles. The van der Waals surface area contributed by atoms with E-state index in [0.717, 1.165) is 5.52 Å². The SMILES string of the molecule is CC(C)[C@H](NC(=O)Cn1c(=O)n(C)c2ccccc21)C(=O)O. The minimum atomic E-state index is -1.09. The number of carboxylic acids is 1. The molecule has 0 saturated carbocycles. The fourth-order valence-corrected chi connectivity index (χ4v) is 2.39. The molecule has 118 valence electrons. The number of hydrogen-bond donors (Lipinski definition) is 2. The van der Waals surface area contributed by atoms with E-state index in [0.29, 0.717) is 5.52 Å². The summed E-state index contributed by atoms with van der Waals surface area (Å²) in [5.41, 5.74) is 1.05. The molecular weight excluding hydrogens is 286 g/mol. The summed E-state index contributed by atoms with van der Waals surface area (Å²) >= 11 is 0. The van der Waals surface area contributed by atoms with Gasteiger partial charge in [-0.25, -0.2) is 9.59 Å². The molecule has 2 rings (SSSR count). The molecule has 2 N–H and O–H groups in total. The van der Waals surface area contributed by atoms with Crippen LogP contribution in [0.3, 0.4) is 0 Å². The van der Waals surface area contributed by atoms with Gasteiger partial charge in [-0.05, 0) is 18.1 Å². The summed E-state index contributed by atoms with van der Waals surface area (Å²) in [6, 6.07) is 6.16. The number of benzene rings is 1. The van der Waals surface area contributed by atoms with Crippen molar-refractivity contribution in [2.45, 2.75) is 26.4 Å². The third-order valence-electron chi connectivity index (χ3n) is 3.60. The molecule has 0 spiro atoms. The van der Waals surface area contributed by atoms with Crippen molar-refractivity contribution in [1.82, 2.24) is 14.5 Å². The molecule has 0 saturated heterocycles. The Morgan fingerprint density at radius 3 is 2.36 bits per heavy atom. The van der Waals surface area contributed by atoms with Gasteiger partial charge in [-0.1, -0.05) is 26.0 Å². The first-order chi connectivity index (χ1) is 10.3. The number of aliphatic carboxylic acids is 1. The average Bonchev–Trinajstić information content (AvgIpc) is 2.70. The Bertz CT molecular complexity index is 773. The molecule has 1 amide bonds. The molecular formula is C15H19N3O4. The number of nitrogens with one attached hydrogen (secondary N) is 1. The van der Waals surface area contributed by atoms with Crippen LogP contribution in [0.5, 0.6) is 0 Å². The first-order valence-corrected chi connectivity index (χ1v) is 6.99. The molecule has 0 unspecified atom stereocenters. The number of rotatable bonds is 5. The average molecular weight is 305 g/mol. The van der Waals surface area contributed by atoms with Crippen LogP contribution >= 0.6 is 0 Å². The number of aromatic nitrogens is 2. The van der Waals surface area contributed by atoms with Crippen LogP contribution in [0.4, 0.5) is 0 Å². The lowest BCUT2D eigenvalue weighted by Gasteiger charge is -2.17. The molecule has 7 nitrogen and oxygen atoms in total. The first kappa shape index (κ1) is 15.8. The topological polar surface area (TPSA) is 93.3 Å². The van der Waals surface area contributed by atoms with Gasteiger partial charge >= 0.3 is 11.7 Å². The zero-order chi connectivity index (χ0) is 16.4. The van der Waals surface area contributed by atoms with Gasteiger partial charge in [0, 0.05) is 7.05 Å².